The molecule has 8 nitrogen and oxygen atoms in total. The number of furan rings is 1. The summed E-state index contributed by atoms with van der Waals surface area (Å²) in [4.78, 5) is 44.1. The van der Waals surface area contributed by atoms with Crippen LogP contribution in [0.1, 0.15) is 45.2 Å². The zero-order valence-corrected chi connectivity index (χ0v) is 18.4. The number of aliphatic hydroxyl groups excluding tert-OH is 1. The van der Waals surface area contributed by atoms with Gasteiger partial charge in [0.1, 0.15) is 22.4 Å². The van der Waals surface area contributed by atoms with Gasteiger partial charge in [-0.25, -0.2) is 9.78 Å². The number of ketones is 1. The number of anilines is 1. The highest BCUT2D eigenvalue weighted by Gasteiger charge is 2.49. The van der Waals surface area contributed by atoms with Gasteiger partial charge in [0.25, 0.3) is 5.78 Å². The number of nitrogens with zero attached hydrogens (tertiary/aromatic N) is 2. The maximum Gasteiger partial charge on any atom is 0.350 e. The molecule has 2 aromatic heterocycles. The van der Waals surface area contributed by atoms with Gasteiger partial charge in [0, 0.05) is 5.56 Å². The summed E-state index contributed by atoms with van der Waals surface area (Å²) in [6.07, 6.45) is 1.42. The van der Waals surface area contributed by atoms with Crippen LogP contribution in [0.2, 0.25) is 0 Å². The monoisotopic (exact) mass is 452 g/mol. The third kappa shape index (κ3) is 3.60. The van der Waals surface area contributed by atoms with Crippen molar-refractivity contribution >= 4 is 39.9 Å². The average Bonchev–Trinajstić information content (AvgIpc) is 3.48. The first-order chi connectivity index (χ1) is 15.3. The number of hydrogen-bond donors (Lipinski definition) is 1. The van der Waals surface area contributed by atoms with Gasteiger partial charge in [0.15, 0.2) is 5.13 Å². The maximum absolute atomic E-state index is 13.1. The highest BCUT2D eigenvalue weighted by Crippen LogP contribution is 2.44. The lowest BCUT2D eigenvalue weighted by Crippen LogP contribution is -2.29. The minimum absolute atomic E-state index is 0.112. The minimum Gasteiger partial charge on any atom is -0.507 e. The summed E-state index contributed by atoms with van der Waals surface area (Å²) in [7, 11) is 0. The van der Waals surface area contributed by atoms with Gasteiger partial charge in [0.2, 0.25) is 0 Å². The number of aromatic nitrogens is 1. The van der Waals surface area contributed by atoms with Gasteiger partial charge >= 0.3 is 11.9 Å². The third-order valence-corrected chi connectivity index (χ3v) is 6.17. The Hall–Kier alpha value is -3.72. The zero-order chi connectivity index (χ0) is 23.0. The second-order valence-corrected chi connectivity index (χ2v) is 8.16. The molecule has 1 amide bonds. The average molecular weight is 452 g/mol. The van der Waals surface area contributed by atoms with Gasteiger partial charge in [0.05, 0.1) is 24.1 Å². The lowest BCUT2D eigenvalue weighted by atomic mass is 9.99. The summed E-state index contributed by atoms with van der Waals surface area (Å²) in [6.45, 7) is 5.41. The second-order valence-electron chi connectivity index (χ2n) is 7.18. The smallest absolute Gasteiger partial charge is 0.350 e. The molecule has 0 saturated carbocycles. The van der Waals surface area contributed by atoms with Crippen LogP contribution in [0, 0.1) is 13.8 Å². The van der Waals surface area contributed by atoms with E-state index >= 15 is 0 Å². The van der Waals surface area contributed by atoms with Crippen LogP contribution < -0.4 is 4.90 Å². The van der Waals surface area contributed by atoms with E-state index in [4.69, 9.17) is 9.15 Å². The Labute approximate surface area is 187 Å². The molecule has 3 heterocycles. The summed E-state index contributed by atoms with van der Waals surface area (Å²) in [5, 5.41) is 11.1. The molecule has 9 heteroatoms. The summed E-state index contributed by atoms with van der Waals surface area (Å²) >= 11 is 0.944. The SMILES string of the molecule is CCOC(=O)c1sc(N2C(=O)C(=O)C(=C(O)c3ccc(C)cc3)[C@H]2c2ccco2)nc1C. The summed E-state index contributed by atoms with van der Waals surface area (Å²) in [5.41, 5.74) is 1.64. The molecule has 1 saturated heterocycles. The molecule has 0 aliphatic carbocycles. The Kier molecular flexibility index (Phi) is 5.67. The Morgan fingerprint density at radius 3 is 2.56 bits per heavy atom. The Morgan fingerprint density at radius 1 is 1.22 bits per heavy atom. The van der Waals surface area contributed by atoms with E-state index in [0.29, 0.717) is 11.3 Å². The van der Waals surface area contributed by atoms with E-state index in [0.717, 1.165) is 21.8 Å². The predicted octanol–water partition coefficient (Wildman–Crippen LogP) is 4.16. The van der Waals surface area contributed by atoms with Gasteiger partial charge in [-0.3, -0.25) is 14.5 Å². The molecule has 3 aromatic rings. The van der Waals surface area contributed by atoms with Gasteiger partial charge in [-0.1, -0.05) is 41.2 Å². The fourth-order valence-corrected chi connectivity index (χ4v) is 4.47. The highest BCUT2D eigenvalue weighted by atomic mass is 32.1. The fourth-order valence-electron chi connectivity index (χ4n) is 3.48. The van der Waals surface area contributed by atoms with Crippen LogP contribution in [0.15, 0.2) is 52.7 Å². The van der Waals surface area contributed by atoms with Crippen LogP contribution in [-0.2, 0) is 14.3 Å². The largest absolute Gasteiger partial charge is 0.507 e. The summed E-state index contributed by atoms with van der Waals surface area (Å²) in [6, 6.07) is 9.13. The van der Waals surface area contributed by atoms with Crippen LogP contribution in [0.25, 0.3) is 5.76 Å². The van der Waals surface area contributed by atoms with E-state index < -0.39 is 23.7 Å². The number of thiazole rings is 1. The van der Waals surface area contributed by atoms with Gasteiger partial charge < -0.3 is 14.3 Å². The molecule has 164 valence electrons. The molecule has 1 N–H and O–H groups in total. The molecule has 4 rings (SSSR count). The molecule has 0 bridgehead atoms. The molecule has 32 heavy (non-hydrogen) atoms. The minimum atomic E-state index is -1.04. The Morgan fingerprint density at radius 2 is 1.94 bits per heavy atom. The fraction of sp³-hybridized carbons (Fsp3) is 0.217. The van der Waals surface area contributed by atoms with Crippen LogP contribution >= 0.6 is 11.3 Å². The van der Waals surface area contributed by atoms with Crippen molar-refractivity contribution in [1.29, 1.82) is 0 Å². The van der Waals surface area contributed by atoms with Gasteiger partial charge in [-0.2, -0.15) is 0 Å². The number of ether oxygens (including phenoxy) is 1. The van der Waals surface area contributed by atoms with Crippen molar-refractivity contribution in [3.05, 3.63) is 75.7 Å². The van der Waals surface area contributed by atoms with Crippen molar-refractivity contribution in [2.24, 2.45) is 0 Å². The van der Waals surface area contributed by atoms with E-state index in [9.17, 15) is 19.5 Å². The van der Waals surface area contributed by atoms with Crippen molar-refractivity contribution in [2.75, 3.05) is 11.5 Å². The van der Waals surface area contributed by atoms with Crippen LogP contribution in [0.4, 0.5) is 5.13 Å². The van der Waals surface area contributed by atoms with Crippen molar-refractivity contribution < 1.29 is 28.6 Å². The van der Waals surface area contributed by atoms with Gasteiger partial charge in [-0.15, -0.1) is 0 Å². The molecule has 1 atom stereocenters. The second kappa shape index (κ2) is 8.43. The first-order valence-electron chi connectivity index (χ1n) is 9.89. The highest BCUT2D eigenvalue weighted by molar-refractivity contribution is 7.17. The predicted molar refractivity (Wildman–Crippen MR) is 117 cm³/mol. The van der Waals surface area contributed by atoms with Crippen LogP contribution in [0.5, 0.6) is 0 Å². The molecule has 0 radical (unpaired) electrons. The van der Waals surface area contributed by atoms with E-state index in [2.05, 4.69) is 4.98 Å². The number of carbonyl (C=O) groups is 3. The number of hydrogen-bond acceptors (Lipinski definition) is 8. The van der Waals surface area contributed by atoms with Gasteiger partial charge in [-0.05, 0) is 32.9 Å². The van der Waals surface area contributed by atoms with Crippen molar-refractivity contribution in [1.82, 2.24) is 4.98 Å². The van der Waals surface area contributed by atoms with E-state index in [-0.39, 0.29) is 33.7 Å². The summed E-state index contributed by atoms with van der Waals surface area (Å²) < 4.78 is 10.6. The quantitative estimate of drug-likeness (QED) is 0.268. The zero-order valence-electron chi connectivity index (χ0n) is 17.6. The number of rotatable bonds is 5. The molecule has 1 aliphatic heterocycles. The molecule has 1 fully saturated rings. The number of aryl methyl sites for hydroxylation is 2. The van der Waals surface area contributed by atoms with Crippen LogP contribution in [-0.4, -0.2) is 34.4 Å². The van der Waals surface area contributed by atoms with E-state index in [1.165, 1.54) is 6.26 Å². The van der Waals surface area contributed by atoms with Crippen molar-refractivity contribution in [3.8, 4) is 0 Å². The Bertz CT molecular complexity index is 1220. The number of carbonyl (C=O) groups excluding carboxylic acids is 3. The lowest BCUT2D eigenvalue weighted by molar-refractivity contribution is -0.132. The van der Waals surface area contributed by atoms with Crippen molar-refractivity contribution in [2.45, 2.75) is 26.8 Å². The standard InChI is InChI=1S/C23H20N2O6S/c1-4-30-22(29)20-13(3)24-23(32-20)25-17(15-6-5-11-31-15)16(19(27)21(25)28)18(26)14-9-7-12(2)8-10-14/h5-11,17,26H,4H2,1-3H3/t17-/m1/s1. The van der Waals surface area contributed by atoms with E-state index in [1.807, 2.05) is 6.92 Å². The molecule has 0 spiro atoms. The molecular weight excluding hydrogens is 432 g/mol. The molecule has 1 aliphatic rings. The summed E-state index contributed by atoms with van der Waals surface area (Å²) in [5.74, 6) is -2.33. The normalized spacial score (nSPS) is 17.7. The van der Waals surface area contributed by atoms with Crippen molar-refractivity contribution in [3.63, 3.8) is 0 Å². The molecule has 0 unspecified atom stereocenters. The number of esters is 1. The number of benzene rings is 1. The maximum atomic E-state index is 13.1. The first-order valence-corrected chi connectivity index (χ1v) is 10.7. The van der Waals surface area contributed by atoms with E-state index in [1.54, 1.807) is 50.2 Å². The number of aliphatic hydroxyl groups is 1. The number of Topliss-reactive ketones (excluding diaryl/α,β-unsaturated/α-hetero) is 1. The van der Waals surface area contributed by atoms with Crippen LogP contribution in [0.3, 0.4) is 0 Å². The first kappa shape index (κ1) is 21.5. The Balaban J connectivity index is 1.87. The number of amides is 1. The lowest BCUT2D eigenvalue weighted by Gasteiger charge is -2.20. The third-order valence-electron chi connectivity index (χ3n) is 5.03. The molecular formula is C23H20N2O6S. The topological polar surface area (TPSA) is 110 Å². The molecule has 1 aromatic carbocycles.